The maximum absolute atomic E-state index is 14.1. The van der Waals surface area contributed by atoms with Gasteiger partial charge in [0.1, 0.15) is 41.9 Å². The lowest BCUT2D eigenvalue weighted by Gasteiger charge is -2.30. The third-order valence-corrected chi connectivity index (χ3v) is 8.82. The highest BCUT2D eigenvalue weighted by Crippen LogP contribution is 2.12. The highest BCUT2D eigenvalue weighted by Gasteiger charge is 2.34. The molecule has 0 saturated heterocycles. The van der Waals surface area contributed by atoms with Crippen LogP contribution in [-0.2, 0) is 49.5 Å². The zero-order valence-electron chi connectivity index (χ0n) is 35.3. The Kier molecular flexibility index (Phi) is 21.2. The quantitative estimate of drug-likeness (QED) is 0.0626. The van der Waals surface area contributed by atoms with Gasteiger partial charge < -0.3 is 51.4 Å². The van der Waals surface area contributed by atoms with E-state index in [1.54, 1.807) is 71.9 Å². The third kappa shape index (κ3) is 17.3. The number of aliphatic hydroxyl groups excluding tert-OH is 1. The number of methoxy groups -OCH3 is 1. The molecule has 1 rings (SSSR count). The summed E-state index contributed by atoms with van der Waals surface area (Å²) in [7, 11) is 1.21. The van der Waals surface area contributed by atoms with Crippen LogP contribution in [-0.4, -0.2) is 126 Å². The first-order valence-electron chi connectivity index (χ1n) is 19.2. The topological polar surface area (TPSA) is 251 Å². The highest BCUT2D eigenvalue weighted by molar-refractivity contribution is 5.96. The Labute approximate surface area is 341 Å². The number of aliphatic hydroxyl groups is 1. The average Bonchev–Trinajstić information content (AvgIpc) is 3.15. The summed E-state index contributed by atoms with van der Waals surface area (Å²) in [5.41, 5.74) is -0.189. The number of esters is 1. The molecule has 0 fully saturated rings. The van der Waals surface area contributed by atoms with Crippen molar-refractivity contribution in [1.29, 1.82) is 0 Å². The van der Waals surface area contributed by atoms with Gasteiger partial charge in [-0.25, -0.2) is 9.59 Å². The summed E-state index contributed by atoms with van der Waals surface area (Å²) in [5.74, 6) is -5.67. The summed E-state index contributed by atoms with van der Waals surface area (Å²) in [6.07, 6.45) is 0.949. The van der Waals surface area contributed by atoms with Crippen LogP contribution in [0.3, 0.4) is 0 Å². The number of ether oxygens (including phenoxy) is 2. The summed E-state index contributed by atoms with van der Waals surface area (Å²) in [6, 6.07) is 1.65. The van der Waals surface area contributed by atoms with E-state index >= 15 is 0 Å². The van der Waals surface area contributed by atoms with Crippen LogP contribution < -0.4 is 31.9 Å². The first-order valence-corrected chi connectivity index (χ1v) is 19.2. The van der Waals surface area contributed by atoms with Gasteiger partial charge in [-0.2, -0.15) is 0 Å². The Morgan fingerprint density at radius 3 is 1.84 bits per heavy atom. The van der Waals surface area contributed by atoms with Gasteiger partial charge in [0, 0.05) is 13.0 Å². The van der Waals surface area contributed by atoms with Crippen LogP contribution in [0, 0.1) is 11.8 Å². The summed E-state index contributed by atoms with van der Waals surface area (Å²) in [5, 5.41) is 24.8. The van der Waals surface area contributed by atoms with E-state index in [-0.39, 0.29) is 24.8 Å². The van der Waals surface area contributed by atoms with Crippen molar-refractivity contribution in [3.63, 3.8) is 0 Å². The fourth-order valence-electron chi connectivity index (χ4n) is 5.34. The van der Waals surface area contributed by atoms with Gasteiger partial charge in [-0.15, -0.1) is 6.58 Å². The summed E-state index contributed by atoms with van der Waals surface area (Å²) in [4.78, 5) is 106. The second-order valence-corrected chi connectivity index (χ2v) is 15.3. The average molecular weight is 818 g/mol. The Balaban J connectivity index is 3.18. The molecular weight excluding hydrogens is 754 g/mol. The number of benzene rings is 1. The van der Waals surface area contributed by atoms with Gasteiger partial charge in [-0.1, -0.05) is 70.5 Å². The van der Waals surface area contributed by atoms with Crippen LogP contribution >= 0.6 is 0 Å². The second-order valence-electron chi connectivity index (χ2n) is 15.3. The van der Waals surface area contributed by atoms with Gasteiger partial charge in [-0.05, 0) is 52.0 Å². The number of rotatable bonds is 22. The molecule has 7 amide bonds. The molecule has 1 aromatic rings. The number of nitrogens with one attached hydrogen (secondary N) is 6. The minimum Gasteiger partial charge on any atom is -0.467 e. The van der Waals surface area contributed by atoms with Crippen molar-refractivity contribution in [3.05, 3.63) is 48.6 Å². The standard InChI is InChI=1S/C40H63N7O11/c1-12-19-47(21-30(49)45-32(24(5)13-2)36(53)46-31(23(3)4)38(55)57-11)37(54)28(20-27-17-15-14-16-18-27)43-34(51)26(7)41-33(50)25(6)42-35(52)29(22-48)44-39(56)58-40(8,9)10/h12,14-18,23-26,28-29,31-32,48H,1,13,19-22H2,2-11H3,(H,41,50)(H,42,52)(H,43,51)(H,44,56)(H,45,49)(H,46,53)/t24-,25-,26-,28-,29-,31-,32-/m0/s1. The number of amides is 7. The van der Waals surface area contributed by atoms with E-state index in [0.717, 1.165) is 4.90 Å². The van der Waals surface area contributed by atoms with E-state index in [1.165, 1.54) is 27.0 Å². The van der Waals surface area contributed by atoms with Gasteiger partial charge in [0.25, 0.3) is 0 Å². The lowest BCUT2D eigenvalue weighted by Crippen LogP contribution is -2.59. The van der Waals surface area contributed by atoms with Crippen molar-refractivity contribution in [2.75, 3.05) is 26.8 Å². The molecule has 0 radical (unpaired) electrons. The smallest absolute Gasteiger partial charge is 0.408 e. The van der Waals surface area contributed by atoms with Crippen LogP contribution in [0.15, 0.2) is 43.0 Å². The highest BCUT2D eigenvalue weighted by atomic mass is 16.6. The number of carbonyl (C=O) groups excluding carboxylic acids is 8. The van der Waals surface area contributed by atoms with E-state index in [4.69, 9.17) is 9.47 Å². The molecule has 1 aromatic carbocycles. The monoisotopic (exact) mass is 817 g/mol. The van der Waals surface area contributed by atoms with Crippen LogP contribution in [0.2, 0.25) is 0 Å². The van der Waals surface area contributed by atoms with Gasteiger partial charge in [-0.3, -0.25) is 28.8 Å². The summed E-state index contributed by atoms with van der Waals surface area (Å²) >= 11 is 0. The number of carbonyl (C=O) groups is 8. The molecular formula is C40H63N7O11. The maximum Gasteiger partial charge on any atom is 0.408 e. The summed E-state index contributed by atoms with van der Waals surface area (Å²) < 4.78 is 9.93. The predicted octanol–water partition coefficient (Wildman–Crippen LogP) is 0.468. The summed E-state index contributed by atoms with van der Waals surface area (Å²) in [6.45, 7) is 16.9. The lowest BCUT2D eigenvalue weighted by atomic mass is 9.96. The van der Waals surface area contributed by atoms with Crippen molar-refractivity contribution in [1.82, 2.24) is 36.8 Å². The van der Waals surface area contributed by atoms with Crippen molar-refractivity contribution >= 4 is 47.5 Å². The van der Waals surface area contributed by atoms with Gasteiger partial charge >= 0.3 is 12.1 Å². The molecule has 0 spiro atoms. The van der Waals surface area contributed by atoms with E-state index in [9.17, 15) is 43.5 Å². The SMILES string of the molecule is C=CCN(CC(=O)N[C@H](C(=O)N[C@H](C(=O)OC)C(C)C)[C@@H](C)CC)C(=O)[C@H](Cc1ccccc1)NC(=O)[C@H](C)NC(=O)[C@H](C)NC(=O)[C@H](CO)NC(=O)OC(C)(C)C. The second kappa shape index (κ2) is 24.3. The minimum atomic E-state index is -1.43. The molecule has 0 aromatic heterocycles. The number of hydrogen-bond donors (Lipinski definition) is 7. The fourth-order valence-corrected chi connectivity index (χ4v) is 5.34. The van der Waals surface area contributed by atoms with E-state index in [0.29, 0.717) is 12.0 Å². The van der Waals surface area contributed by atoms with Crippen molar-refractivity contribution < 1.29 is 52.9 Å². The molecule has 0 aliphatic carbocycles. The van der Waals surface area contributed by atoms with E-state index in [2.05, 4.69) is 38.5 Å². The zero-order valence-corrected chi connectivity index (χ0v) is 35.3. The number of nitrogens with zero attached hydrogens (tertiary/aromatic N) is 1. The van der Waals surface area contributed by atoms with Crippen LogP contribution in [0.25, 0.3) is 0 Å². The molecule has 0 unspecified atom stereocenters. The van der Waals surface area contributed by atoms with Crippen molar-refractivity contribution in [3.8, 4) is 0 Å². The number of alkyl carbamates (subject to hydrolysis) is 1. The molecule has 18 heteroatoms. The fraction of sp³-hybridized carbons (Fsp3) is 0.600. The Hall–Kier alpha value is -5.52. The first kappa shape index (κ1) is 50.5. The molecule has 324 valence electrons. The zero-order chi connectivity index (χ0) is 44.3. The first-order chi connectivity index (χ1) is 27.1. The Morgan fingerprint density at radius 1 is 0.776 bits per heavy atom. The molecule has 7 N–H and O–H groups in total. The largest absolute Gasteiger partial charge is 0.467 e. The maximum atomic E-state index is 14.1. The minimum absolute atomic E-state index is 0.00299. The van der Waals surface area contributed by atoms with Crippen LogP contribution in [0.4, 0.5) is 4.79 Å². The molecule has 0 heterocycles. The molecule has 0 aliphatic rings. The molecule has 58 heavy (non-hydrogen) atoms. The predicted molar refractivity (Wildman–Crippen MR) is 214 cm³/mol. The van der Waals surface area contributed by atoms with Crippen molar-refractivity contribution in [2.24, 2.45) is 11.8 Å². The molecule has 18 nitrogen and oxygen atoms in total. The Bertz CT molecular complexity index is 1580. The Morgan fingerprint density at radius 2 is 1.34 bits per heavy atom. The molecule has 0 bridgehead atoms. The van der Waals surface area contributed by atoms with E-state index in [1.807, 2.05) is 6.92 Å². The van der Waals surface area contributed by atoms with E-state index < -0.39 is 103 Å². The number of hydrogen-bond acceptors (Lipinski definition) is 11. The lowest BCUT2D eigenvalue weighted by molar-refractivity contribution is -0.147. The van der Waals surface area contributed by atoms with Gasteiger partial charge in [0.05, 0.1) is 20.3 Å². The normalized spacial score (nSPS) is 14.8. The van der Waals surface area contributed by atoms with Crippen LogP contribution in [0.5, 0.6) is 0 Å². The van der Waals surface area contributed by atoms with Crippen LogP contribution in [0.1, 0.15) is 74.3 Å². The third-order valence-electron chi connectivity index (χ3n) is 8.82. The molecule has 0 saturated carbocycles. The van der Waals surface area contributed by atoms with Crippen molar-refractivity contribution in [2.45, 2.75) is 117 Å². The van der Waals surface area contributed by atoms with Gasteiger partial charge in [0.15, 0.2) is 0 Å². The van der Waals surface area contributed by atoms with Gasteiger partial charge in [0.2, 0.25) is 35.4 Å². The molecule has 0 aliphatic heterocycles. The molecule has 7 atom stereocenters.